The molecule has 0 aliphatic heterocycles. The second kappa shape index (κ2) is 5.90. The zero-order chi connectivity index (χ0) is 14.0. The van der Waals surface area contributed by atoms with Gasteiger partial charge >= 0.3 is 0 Å². The minimum Gasteiger partial charge on any atom is -0.324 e. The van der Waals surface area contributed by atoms with E-state index in [2.05, 4.69) is 4.98 Å². The summed E-state index contributed by atoms with van der Waals surface area (Å²) < 4.78 is 13.6. The van der Waals surface area contributed by atoms with Gasteiger partial charge in [-0.15, -0.1) is 0 Å². The molecule has 0 aliphatic carbocycles. The largest absolute Gasteiger partial charge is 0.324 e. The number of nitrogens with two attached hydrogens (primary N) is 1. The molecule has 1 aromatic heterocycles. The lowest BCUT2D eigenvalue weighted by Crippen LogP contribution is -2.07. The molecule has 2 aromatic rings. The highest BCUT2D eigenvalue weighted by Crippen LogP contribution is 2.33. The number of aryl methyl sites for hydroxylation is 1. The van der Waals surface area contributed by atoms with Gasteiger partial charge in [-0.1, -0.05) is 23.4 Å². The molecule has 0 fully saturated rings. The fraction of sp³-hybridized carbons (Fsp3) is 0.214. The van der Waals surface area contributed by atoms with Crippen molar-refractivity contribution >= 4 is 23.4 Å². The molecule has 100 valence electrons. The molecular weight excluding hydrogens is 283 g/mol. The van der Waals surface area contributed by atoms with Crippen molar-refractivity contribution in [3.63, 3.8) is 0 Å². The van der Waals surface area contributed by atoms with Crippen molar-refractivity contribution in [2.45, 2.75) is 29.8 Å². The molecule has 5 heteroatoms. The SMILES string of the molecule is Cc1cc(Sc2ccc(Cl)cn2)c([C@H](C)N)cc1F. The van der Waals surface area contributed by atoms with Crippen molar-refractivity contribution in [3.8, 4) is 0 Å². The molecule has 2 N–H and O–H groups in total. The lowest BCUT2D eigenvalue weighted by molar-refractivity contribution is 0.610. The molecular formula is C14H14ClFN2S. The minimum atomic E-state index is -0.235. The highest BCUT2D eigenvalue weighted by atomic mass is 35.5. The number of pyridine rings is 1. The zero-order valence-electron chi connectivity index (χ0n) is 10.7. The summed E-state index contributed by atoms with van der Waals surface area (Å²) in [5, 5.41) is 1.39. The molecule has 1 atom stereocenters. The molecule has 0 spiro atoms. The first kappa shape index (κ1) is 14.3. The van der Waals surface area contributed by atoms with Crippen LogP contribution in [0.15, 0.2) is 40.4 Å². The molecule has 0 unspecified atom stereocenters. The highest BCUT2D eigenvalue weighted by molar-refractivity contribution is 7.99. The predicted octanol–water partition coefficient (Wildman–Crippen LogP) is 4.35. The molecule has 2 nitrogen and oxygen atoms in total. The van der Waals surface area contributed by atoms with E-state index in [1.165, 1.54) is 17.8 Å². The van der Waals surface area contributed by atoms with Crippen LogP contribution < -0.4 is 5.73 Å². The van der Waals surface area contributed by atoms with E-state index in [4.69, 9.17) is 17.3 Å². The van der Waals surface area contributed by atoms with E-state index in [1.54, 1.807) is 25.3 Å². The molecule has 19 heavy (non-hydrogen) atoms. The van der Waals surface area contributed by atoms with Crippen molar-refractivity contribution in [1.82, 2.24) is 4.98 Å². The molecule has 0 radical (unpaired) electrons. The monoisotopic (exact) mass is 296 g/mol. The number of halogens is 2. The minimum absolute atomic E-state index is 0.232. The summed E-state index contributed by atoms with van der Waals surface area (Å²) in [6, 6.07) is 6.67. The van der Waals surface area contributed by atoms with Gasteiger partial charge < -0.3 is 5.73 Å². The van der Waals surface area contributed by atoms with E-state index in [9.17, 15) is 4.39 Å². The Bertz CT molecular complexity index is 585. The number of nitrogens with zero attached hydrogens (tertiary/aromatic N) is 1. The first-order valence-corrected chi connectivity index (χ1v) is 7.02. The lowest BCUT2D eigenvalue weighted by atomic mass is 10.1. The van der Waals surface area contributed by atoms with Crippen molar-refractivity contribution in [1.29, 1.82) is 0 Å². The van der Waals surface area contributed by atoms with Gasteiger partial charge in [0.25, 0.3) is 0 Å². The fourth-order valence-corrected chi connectivity index (χ4v) is 2.83. The first-order chi connectivity index (χ1) is 8.97. The van der Waals surface area contributed by atoms with Crippen LogP contribution in [0.3, 0.4) is 0 Å². The van der Waals surface area contributed by atoms with Gasteiger partial charge in [-0.2, -0.15) is 0 Å². The molecule has 1 heterocycles. The van der Waals surface area contributed by atoms with Gasteiger partial charge in [0.05, 0.1) is 5.02 Å². The van der Waals surface area contributed by atoms with Crippen molar-refractivity contribution < 1.29 is 4.39 Å². The summed E-state index contributed by atoms with van der Waals surface area (Å²) >= 11 is 7.26. The topological polar surface area (TPSA) is 38.9 Å². The van der Waals surface area contributed by atoms with Crippen LogP contribution in [0, 0.1) is 12.7 Å². The smallest absolute Gasteiger partial charge is 0.126 e. The maximum atomic E-state index is 13.6. The normalized spacial score (nSPS) is 12.5. The van der Waals surface area contributed by atoms with Crippen LogP contribution >= 0.6 is 23.4 Å². The molecule has 0 aliphatic rings. The van der Waals surface area contributed by atoms with Crippen LogP contribution in [0.2, 0.25) is 5.02 Å². The van der Waals surface area contributed by atoms with E-state index >= 15 is 0 Å². The Kier molecular flexibility index (Phi) is 4.45. The van der Waals surface area contributed by atoms with Crippen LogP contribution in [-0.4, -0.2) is 4.98 Å². The average molecular weight is 297 g/mol. The Balaban J connectivity index is 2.38. The molecule has 0 saturated heterocycles. The van der Waals surface area contributed by atoms with Crippen LogP contribution in [0.5, 0.6) is 0 Å². The molecule has 0 amide bonds. The van der Waals surface area contributed by atoms with Gasteiger partial charge in [0.2, 0.25) is 0 Å². The third-order valence-electron chi connectivity index (χ3n) is 2.70. The van der Waals surface area contributed by atoms with E-state index in [-0.39, 0.29) is 11.9 Å². The number of aromatic nitrogens is 1. The average Bonchev–Trinajstić information content (AvgIpc) is 2.36. The zero-order valence-corrected chi connectivity index (χ0v) is 12.2. The maximum absolute atomic E-state index is 13.6. The van der Waals surface area contributed by atoms with Crippen LogP contribution in [0.4, 0.5) is 4.39 Å². The predicted molar refractivity (Wildman–Crippen MR) is 77.1 cm³/mol. The van der Waals surface area contributed by atoms with Gasteiger partial charge in [-0.05, 0) is 49.2 Å². The quantitative estimate of drug-likeness (QED) is 0.915. The molecule has 1 aromatic carbocycles. The van der Waals surface area contributed by atoms with E-state index in [1.807, 2.05) is 13.0 Å². The Hall–Kier alpha value is -1.10. The fourth-order valence-electron chi connectivity index (χ4n) is 1.65. The second-order valence-electron chi connectivity index (χ2n) is 4.34. The summed E-state index contributed by atoms with van der Waals surface area (Å²) in [4.78, 5) is 5.14. The standard InChI is InChI=1S/C14H14ClFN2S/c1-8-5-13(11(9(2)17)6-12(8)16)19-14-4-3-10(15)7-18-14/h3-7,9H,17H2,1-2H3/t9-/m0/s1. The third kappa shape index (κ3) is 3.47. The summed E-state index contributed by atoms with van der Waals surface area (Å²) in [6.45, 7) is 3.57. The molecule has 0 bridgehead atoms. The number of hydrogen-bond acceptors (Lipinski definition) is 3. The lowest BCUT2D eigenvalue weighted by Gasteiger charge is -2.13. The van der Waals surface area contributed by atoms with E-state index < -0.39 is 0 Å². The third-order valence-corrected chi connectivity index (χ3v) is 3.94. The van der Waals surface area contributed by atoms with E-state index in [0.717, 1.165) is 15.5 Å². The Morgan fingerprint density at radius 1 is 1.37 bits per heavy atom. The summed E-state index contributed by atoms with van der Waals surface area (Å²) in [6.07, 6.45) is 1.59. The van der Waals surface area contributed by atoms with Crippen molar-refractivity contribution in [2.75, 3.05) is 0 Å². The Morgan fingerprint density at radius 3 is 2.68 bits per heavy atom. The van der Waals surface area contributed by atoms with Gasteiger partial charge in [-0.25, -0.2) is 9.37 Å². The van der Waals surface area contributed by atoms with Crippen LogP contribution in [-0.2, 0) is 0 Å². The number of hydrogen-bond donors (Lipinski definition) is 1. The van der Waals surface area contributed by atoms with Gasteiger partial charge in [0.1, 0.15) is 10.8 Å². The van der Waals surface area contributed by atoms with Crippen LogP contribution in [0.25, 0.3) is 0 Å². The second-order valence-corrected chi connectivity index (χ2v) is 5.84. The molecule has 2 rings (SSSR count). The summed E-state index contributed by atoms with van der Waals surface area (Å²) in [5.41, 5.74) is 7.27. The first-order valence-electron chi connectivity index (χ1n) is 5.82. The van der Waals surface area contributed by atoms with Crippen molar-refractivity contribution in [3.05, 3.63) is 52.4 Å². The molecule has 0 saturated carbocycles. The Morgan fingerprint density at radius 2 is 2.11 bits per heavy atom. The summed E-state index contributed by atoms with van der Waals surface area (Å²) in [5.74, 6) is -0.235. The maximum Gasteiger partial charge on any atom is 0.126 e. The number of benzene rings is 1. The summed E-state index contributed by atoms with van der Waals surface area (Å²) in [7, 11) is 0. The van der Waals surface area contributed by atoms with Gasteiger partial charge in [0.15, 0.2) is 0 Å². The Labute approximate surface area is 121 Å². The van der Waals surface area contributed by atoms with Crippen molar-refractivity contribution in [2.24, 2.45) is 5.73 Å². The van der Waals surface area contributed by atoms with E-state index in [0.29, 0.717) is 10.6 Å². The van der Waals surface area contributed by atoms with Gasteiger partial charge in [-0.3, -0.25) is 0 Å². The highest BCUT2D eigenvalue weighted by Gasteiger charge is 2.12. The van der Waals surface area contributed by atoms with Gasteiger partial charge in [0, 0.05) is 17.1 Å². The number of rotatable bonds is 3. The van der Waals surface area contributed by atoms with Crippen LogP contribution in [0.1, 0.15) is 24.1 Å².